The Morgan fingerprint density at radius 3 is 2.28 bits per heavy atom. The van der Waals surface area contributed by atoms with Gasteiger partial charge in [0.25, 0.3) is 15.9 Å². The summed E-state index contributed by atoms with van der Waals surface area (Å²) in [5, 5.41) is 1.73. The zero-order valence-electron chi connectivity index (χ0n) is 12.2. The van der Waals surface area contributed by atoms with Crippen LogP contribution in [0.1, 0.15) is 9.67 Å². The summed E-state index contributed by atoms with van der Waals surface area (Å²) in [7, 11) is -3.93. The van der Waals surface area contributed by atoms with Gasteiger partial charge in [-0.2, -0.15) is 0 Å². The molecule has 25 heavy (non-hydrogen) atoms. The molecule has 1 amide bonds. The second-order valence-corrected chi connectivity index (χ2v) is 8.88. The maximum atomic E-state index is 12.3. The van der Waals surface area contributed by atoms with Gasteiger partial charge in [-0.3, -0.25) is 10.2 Å². The topological polar surface area (TPSA) is 75.3 Å². The number of nitrogens with one attached hydrogen (secondary N) is 2. The molecule has 130 valence electrons. The van der Waals surface area contributed by atoms with E-state index in [-0.39, 0.29) is 14.8 Å². The van der Waals surface area contributed by atoms with E-state index in [1.54, 1.807) is 18.2 Å². The number of amides is 1. The number of carbonyl (C=O) groups excluding carboxylic acids is 1. The van der Waals surface area contributed by atoms with Crippen molar-refractivity contribution in [3.05, 3.63) is 62.4 Å². The SMILES string of the molecule is O=C(NNS(=O)(=O)c1ccc(Cl)cc1)c1sc2ccc(Cl)cc2c1Cl. The van der Waals surface area contributed by atoms with Gasteiger partial charge in [0.15, 0.2) is 0 Å². The van der Waals surface area contributed by atoms with Gasteiger partial charge in [0, 0.05) is 20.1 Å². The van der Waals surface area contributed by atoms with E-state index in [2.05, 4.69) is 5.43 Å². The number of thiophene rings is 1. The zero-order chi connectivity index (χ0) is 18.2. The van der Waals surface area contributed by atoms with E-state index >= 15 is 0 Å². The van der Waals surface area contributed by atoms with Gasteiger partial charge in [0.1, 0.15) is 4.88 Å². The molecule has 0 spiro atoms. The summed E-state index contributed by atoms with van der Waals surface area (Å²) in [5.41, 5.74) is 2.15. The van der Waals surface area contributed by atoms with Gasteiger partial charge >= 0.3 is 0 Å². The number of hydrogen-bond acceptors (Lipinski definition) is 4. The quantitative estimate of drug-likeness (QED) is 0.593. The van der Waals surface area contributed by atoms with E-state index in [0.29, 0.717) is 15.4 Å². The molecular formula is C15H9Cl3N2O3S2. The van der Waals surface area contributed by atoms with Crippen LogP contribution in [0.15, 0.2) is 47.4 Å². The number of benzene rings is 2. The Labute approximate surface area is 162 Å². The Morgan fingerprint density at radius 2 is 1.60 bits per heavy atom. The van der Waals surface area contributed by atoms with Gasteiger partial charge in [0.05, 0.1) is 9.92 Å². The van der Waals surface area contributed by atoms with Crippen LogP contribution in [0.5, 0.6) is 0 Å². The fourth-order valence-electron chi connectivity index (χ4n) is 2.03. The Kier molecular flexibility index (Phi) is 5.24. The first-order valence-electron chi connectivity index (χ1n) is 6.73. The molecule has 0 unspecified atom stereocenters. The molecule has 5 nitrogen and oxygen atoms in total. The molecule has 1 aromatic heterocycles. The monoisotopic (exact) mass is 434 g/mol. The number of halogens is 3. The Bertz CT molecular complexity index is 1060. The third-order valence-electron chi connectivity index (χ3n) is 3.22. The fraction of sp³-hybridized carbons (Fsp3) is 0. The normalized spacial score (nSPS) is 11.6. The van der Waals surface area contributed by atoms with Crippen molar-refractivity contribution in [2.75, 3.05) is 0 Å². The molecule has 3 aromatic rings. The van der Waals surface area contributed by atoms with Crippen LogP contribution in [-0.2, 0) is 10.0 Å². The second-order valence-electron chi connectivity index (χ2n) is 4.90. The van der Waals surface area contributed by atoms with E-state index in [0.717, 1.165) is 16.0 Å². The molecule has 0 atom stereocenters. The van der Waals surface area contributed by atoms with Crippen LogP contribution in [0.25, 0.3) is 10.1 Å². The van der Waals surface area contributed by atoms with E-state index in [1.165, 1.54) is 24.3 Å². The highest BCUT2D eigenvalue weighted by Gasteiger charge is 2.20. The Morgan fingerprint density at radius 1 is 0.960 bits per heavy atom. The fourth-order valence-corrected chi connectivity index (χ4v) is 4.55. The maximum absolute atomic E-state index is 12.3. The van der Waals surface area contributed by atoms with Crippen molar-refractivity contribution in [1.82, 2.24) is 10.3 Å². The number of hydrazine groups is 1. The van der Waals surface area contributed by atoms with Crippen molar-refractivity contribution in [2.24, 2.45) is 0 Å². The molecule has 0 saturated carbocycles. The van der Waals surface area contributed by atoms with Crippen LogP contribution >= 0.6 is 46.1 Å². The number of rotatable bonds is 4. The Balaban J connectivity index is 1.81. The second kappa shape index (κ2) is 7.11. The lowest BCUT2D eigenvalue weighted by Crippen LogP contribution is -2.41. The molecule has 10 heteroatoms. The molecule has 0 aliphatic rings. The lowest BCUT2D eigenvalue weighted by Gasteiger charge is -2.08. The van der Waals surface area contributed by atoms with E-state index < -0.39 is 15.9 Å². The molecule has 2 N–H and O–H groups in total. The smallest absolute Gasteiger partial charge is 0.273 e. The average Bonchev–Trinajstić information content (AvgIpc) is 2.90. The van der Waals surface area contributed by atoms with Gasteiger partial charge < -0.3 is 0 Å². The van der Waals surface area contributed by atoms with Crippen molar-refractivity contribution in [2.45, 2.75) is 4.90 Å². The molecular weight excluding hydrogens is 427 g/mol. The molecule has 2 aromatic carbocycles. The summed E-state index contributed by atoms with van der Waals surface area (Å²) in [6.07, 6.45) is 0. The summed E-state index contributed by atoms with van der Waals surface area (Å²) < 4.78 is 25.1. The number of carbonyl (C=O) groups is 1. The van der Waals surface area contributed by atoms with Crippen molar-refractivity contribution in [1.29, 1.82) is 0 Å². The number of sulfonamides is 1. The molecule has 0 radical (unpaired) electrons. The van der Waals surface area contributed by atoms with E-state index in [1.807, 2.05) is 4.83 Å². The molecule has 0 aliphatic heterocycles. The van der Waals surface area contributed by atoms with Crippen LogP contribution in [0, 0.1) is 0 Å². The number of hydrogen-bond donors (Lipinski definition) is 2. The van der Waals surface area contributed by atoms with Gasteiger partial charge in [-0.05, 0) is 42.5 Å². The summed E-state index contributed by atoms with van der Waals surface area (Å²) in [4.78, 5) is 14.5. The molecule has 0 saturated heterocycles. The average molecular weight is 436 g/mol. The summed E-state index contributed by atoms with van der Waals surface area (Å²) >= 11 is 19.0. The van der Waals surface area contributed by atoms with Gasteiger partial charge in [0.2, 0.25) is 0 Å². The summed E-state index contributed by atoms with van der Waals surface area (Å²) in [6.45, 7) is 0. The minimum Gasteiger partial charge on any atom is -0.273 e. The first-order chi connectivity index (χ1) is 11.8. The van der Waals surface area contributed by atoms with Gasteiger partial charge in [-0.15, -0.1) is 16.2 Å². The lowest BCUT2D eigenvalue weighted by molar-refractivity contribution is 0.0949. The summed E-state index contributed by atoms with van der Waals surface area (Å²) in [6, 6.07) is 10.6. The van der Waals surface area contributed by atoms with Crippen LogP contribution < -0.4 is 10.3 Å². The molecule has 3 rings (SSSR count). The van der Waals surface area contributed by atoms with E-state index in [9.17, 15) is 13.2 Å². The van der Waals surface area contributed by atoms with Crippen molar-refractivity contribution >= 4 is 72.2 Å². The third kappa shape index (κ3) is 3.92. The Hall–Kier alpha value is -1.35. The van der Waals surface area contributed by atoms with Crippen LogP contribution in [0.2, 0.25) is 15.1 Å². The van der Waals surface area contributed by atoms with E-state index in [4.69, 9.17) is 34.8 Å². The molecule has 1 heterocycles. The van der Waals surface area contributed by atoms with Crippen LogP contribution in [0.3, 0.4) is 0 Å². The molecule has 0 fully saturated rings. The predicted octanol–water partition coefficient (Wildman–Crippen LogP) is 4.48. The van der Waals surface area contributed by atoms with Gasteiger partial charge in [-0.1, -0.05) is 34.8 Å². The van der Waals surface area contributed by atoms with Crippen LogP contribution in [-0.4, -0.2) is 14.3 Å². The van der Waals surface area contributed by atoms with Crippen molar-refractivity contribution in [3.8, 4) is 0 Å². The first kappa shape index (κ1) is 18.4. The maximum Gasteiger partial charge on any atom is 0.277 e. The minimum atomic E-state index is -3.93. The molecule has 0 aliphatic carbocycles. The van der Waals surface area contributed by atoms with Crippen LogP contribution in [0.4, 0.5) is 0 Å². The zero-order valence-corrected chi connectivity index (χ0v) is 16.1. The highest BCUT2D eigenvalue weighted by Crippen LogP contribution is 2.36. The van der Waals surface area contributed by atoms with Gasteiger partial charge in [-0.25, -0.2) is 8.42 Å². The largest absolute Gasteiger partial charge is 0.277 e. The highest BCUT2D eigenvalue weighted by atomic mass is 35.5. The lowest BCUT2D eigenvalue weighted by atomic mass is 10.2. The highest BCUT2D eigenvalue weighted by molar-refractivity contribution is 7.89. The van der Waals surface area contributed by atoms with Crippen molar-refractivity contribution in [3.63, 3.8) is 0 Å². The first-order valence-corrected chi connectivity index (χ1v) is 10.2. The molecule has 0 bridgehead atoms. The minimum absolute atomic E-state index is 0.0357. The van der Waals surface area contributed by atoms with Crippen molar-refractivity contribution < 1.29 is 13.2 Å². The standard InChI is InChI=1S/C15H9Cl3N2O3S2/c16-8-1-4-10(5-2-8)25(22,23)20-19-15(21)14-13(18)11-7-9(17)3-6-12(11)24-14/h1-7,20H,(H,19,21). The number of fused-ring (bicyclic) bond motifs is 1. The third-order valence-corrected chi connectivity index (χ3v) is 6.64. The predicted molar refractivity (Wildman–Crippen MR) is 101 cm³/mol. The summed E-state index contributed by atoms with van der Waals surface area (Å²) in [5.74, 6) is -0.667.